The minimum atomic E-state index is -0.751. The van der Waals surface area contributed by atoms with Gasteiger partial charge in [-0.1, -0.05) is 41.7 Å². The van der Waals surface area contributed by atoms with E-state index in [0.29, 0.717) is 57.4 Å². The summed E-state index contributed by atoms with van der Waals surface area (Å²) in [4.78, 5) is 35.3. The second-order valence-corrected chi connectivity index (χ2v) is 10.8. The van der Waals surface area contributed by atoms with Gasteiger partial charge in [-0.25, -0.2) is 4.99 Å². The molecule has 1 aliphatic heterocycles. The van der Waals surface area contributed by atoms with Crippen molar-refractivity contribution in [3.05, 3.63) is 96.7 Å². The molecule has 0 saturated carbocycles. The van der Waals surface area contributed by atoms with Crippen LogP contribution >= 0.6 is 11.3 Å². The zero-order valence-electron chi connectivity index (χ0n) is 24.8. The smallest absolute Gasteiger partial charge is 0.271 e. The third kappa shape index (κ3) is 5.09. The van der Waals surface area contributed by atoms with Crippen LogP contribution in [0, 0.1) is 0 Å². The number of likely N-dealkylation sites (N-methyl/N-ethyl adjacent to an activating group) is 1. The van der Waals surface area contributed by atoms with E-state index in [1.165, 1.54) is 11.3 Å². The molecule has 1 aromatic heterocycles. The maximum atomic E-state index is 14.3. The van der Waals surface area contributed by atoms with Gasteiger partial charge in [-0.3, -0.25) is 14.2 Å². The topological polar surface area (TPSA) is 82.4 Å². The molecular weight excluding hydrogens is 550 g/mol. The van der Waals surface area contributed by atoms with Crippen molar-refractivity contribution >= 4 is 34.1 Å². The molecule has 0 saturated heterocycles. The Morgan fingerprint density at radius 1 is 1.00 bits per heavy atom. The quantitative estimate of drug-likeness (QED) is 0.285. The van der Waals surface area contributed by atoms with E-state index in [1.807, 2.05) is 76.2 Å². The van der Waals surface area contributed by atoms with Crippen LogP contribution in [0.15, 0.2) is 75.7 Å². The highest BCUT2D eigenvalue weighted by Gasteiger charge is 2.36. The summed E-state index contributed by atoms with van der Waals surface area (Å²) in [6.07, 6.45) is 1.90. The Bertz CT molecular complexity index is 1870. The Morgan fingerprint density at radius 2 is 1.71 bits per heavy atom. The number of nitrogens with zero attached hydrogens (tertiary/aromatic N) is 3. The maximum absolute atomic E-state index is 14.3. The molecule has 0 N–H and O–H groups in total. The second kappa shape index (κ2) is 12.2. The van der Waals surface area contributed by atoms with Crippen molar-refractivity contribution in [2.45, 2.75) is 33.7 Å². The molecule has 0 fully saturated rings. The number of fused-ring (bicyclic) bond motifs is 2. The van der Waals surface area contributed by atoms with E-state index in [4.69, 9.17) is 19.2 Å². The van der Waals surface area contributed by atoms with Crippen LogP contribution in [-0.2, 0) is 4.79 Å². The van der Waals surface area contributed by atoms with E-state index < -0.39 is 6.04 Å². The molecule has 5 rings (SSSR count). The number of hydrogen-bond acceptors (Lipinski definition) is 7. The lowest BCUT2D eigenvalue weighted by Gasteiger charge is -2.30. The molecule has 4 aromatic rings. The summed E-state index contributed by atoms with van der Waals surface area (Å²) in [5, 5.41) is 1.96. The Balaban J connectivity index is 1.78. The SMILES string of the molecule is CCOc1ccc(/C=c2/sc3n(c2=O)[C@@H](c2cc(OC)ccc2OC)C(C(=O)N(CC)CC)=C(C)N=3)c2ccccc12. The number of benzene rings is 3. The van der Waals surface area contributed by atoms with E-state index in [2.05, 4.69) is 0 Å². The van der Waals surface area contributed by atoms with Crippen molar-refractivity contribution in [2.24, 2.45) is 4.99 Å². The molecule has 0 spiro atoms. The van der Waals surface area contributed by atoms with Gasteiger partial charge in [-0.05, 0) is 69.0 Å². The van der Waals surface area contributed by atoms with E-state index in [0.717, 1.165) is 22.1 Å². The highest BCUT2D eigenvalue weighted by atomic mass is 32.1. The molecule has 0 bridgehead atoms. The van der Waals surface area contributed by atoms with Crippen molar-refractivity contribution in [2.75, 3.05) is 33.9 Å². The van der Waals surface area contributed by atoms with Crippen LogP contribution in [0.4, 0.5) is 0 Å². The molecule has 3 aromatic carbocycles. The number of carbonyl (C=O) groups is 1. The Morgan fingerprint density at radius 3 is 2.38 bits per heavy atom. The van der Waals surface area contributed by atoms with Gasteiger partial charge in [0, 0.05) is 24.0 Å². The molecule has 8 nitrogen and oxygen atoms in total. The number of amides is 1. The average Bonchev–Trinajstić information content (AvgIpc) is 3.31. The van der Waals surface area contributed by atoms with Crippen LogP contribution < -0.4 is 29.1 Å². The summed E-state index contributed by atoms with van der Waals surface area (Å²) < 4.78 is 19.3. The minimum absolute atomic E-state index is 0.164. The van der Waals surface area contributed by atoms with Crippen LogP contribution in [-0.4, -0.2) is 49.3 Å². The predicted octanol–water partition coefficient (Wildman–Crippen LogP) is 4.67. The number of thiazole rings is 1. The first-order valence-corrected chi connectivity index (χ1v) is 14.9. The molecule has 0 aliphatic carbocycles. The lowest BCUT2D eigenvalue weighted by Crippen LogP contribution is -2.43. The van der Waals surface area contributed by atoms with Gasteiger partial charge in [0.1, 0.15) is 23.3 Å². The number of rotatable bonds is 9. The van der Waals surface area contributed by atoms with Gasteiger partial charge < -0.3 is 19.1 Å². The summed E-state index contributed by atoms with van der Waals surface area (Å²) in [6.45, 7) is 9.28. The maximum Gasteiger partial charge on any atom is 0.271 e. The van der Waals surface area contributed by atoms with Gasteiger partial charge in [0.2, 0.25) is 0 Å². The van der Waals surface area contributed by atoms with Gasteiger partial charge in [0.05, 0.1) is 36.6 Å². The number of methoxy groups -OCH3 is 2. The average molecular weight is 586 g/mol. The Labute approximate surface area is 248 Å². The van der Waals surface area contributed by atoms with Crippen molar-refractivity contribution in [3.8, 4) is 17.2 Å². The van der Waals surface area contributed by atoms with E-state index in [1.54, 1.807) is 35.8 Å². The molecule has 2 heterocycles. The van der Waals surface area contributed by atoms with Crippen LogP contribution in [0.25, 0.3) is 16.8 Å². The number of hydrogen-bond donors (Lipinski definition) is 0. The first-order chi connectivity index (χ1) is 20.4. The van der Waals surface area contributed by atoms with Gasteiger partial charge in [-0.2, -0.15) is 0 Å². The molecule has 1 aliphatic rings. The minimum Gasteiger partial charge on any atom is -0.497 e. The Hall–Kier alpha value is -4.37. The van der Waals surface area contributed by atoms with Gasteiger partial charge in [0.15, 0.2) is 4.80 Å². The standard InChI is InChI=1S/C33H35N3O5S/c1-7-35(8-2)32(38)29-20(4)34-33-36(30(29)25-19-22(39-5)15-17-26(25)40-6)31(37)28(42-33)18-21-14-16-27(41-9-3)24-13-11-10-12-23(21)24/h10-19,30H,7-9H2,1-6H3/b28-18+/t30-/m0/s1. The molecule has 218 valence electrons. The van der Waals surface area contributed by atoms with Crippen molar-refractivity contribution in [3.63, 3.8) is 0 Å². The lowest BCUT2D eigenvalue weighted by atomic mass is 9.93. The van der Waals surface area contributed by atoms with Crippen LogP contribution in [0.3, 0.4) is 0 Å². The molecule has 0 radical (unpaired) electrons. The number of ether oxygens (including phenoxy) is 3. The molecule has 42 heavy (non-hydrogen) atoms. The second-order valence-electron chi connectivity index (χ2n) is 9.80. The molecule has 9 heteroatoms. The largest absolute Gasteiger partial charge is 0.497 e. The number of carbonyl (C=O) groups excluding carboxylic acids is 1. The van der Waals surface area contributed by atoms with Crippen molar-refractivity contribution < 1.29 is 19.0 Å². The summed E-state index contributed by atoms with van der Waals surface area (Å²) >= 11 is 1.30. The molecule has 0 unspecified atom stereocenters. The van der Waals surface area contributed by atoms with E-state index >= 15 is 0 Å². The fourth-order valence-electron chi connectivity index (χ4n) is 5.47. The molecule has 1 amide bonds. The lowest BCUT2D eigenvalue weighted by molar-refractivity contribution is -0.127. The fourth-order valence-corrected chi connectivity index (χ4v) is 6.50. The van der Waals surface area contributed by atoms with Gasteiger partial charge in [0.25, 0.3) is 11.5 Å². The fraction of sp³-hybridized carbons (Fsp3) is 0.303. The van der Waals surface area contributed by atoms with E-state index in [-0.39, 0.29) is 11.5 Å². The van der Waals surface area contributed by atoms with Crippen LogP contribution in [0.1, 0.15) is 44.9 Å². The van der Waals surface area contributed by atoms with Crippen LogP contribution in [0.2, 0.25) is 0 Å². The monoisotopic (exact) mass is 585 g/mol. The first-order valence-electron chi connectivity index (χ1n) is 14.0. The van der Waals surface area contributed by atoms with Crippen molar-refractivity contribution in [1.82, 2.24) is 9.47 Å². The summed E-state index contributed by atoms with van der Waals surface area (Å²) in [5.41, 5.74) is 2.33. The highest BCUT2D eigenvalue weighted by Crippen LogP contribution is 2.38. The van der Waals surface area contributed by atoms with Gasteiger partial charge in [-0.15, -0.1) is 0 Å². The zero-order valence-corrected chi connectivity index (χ0v) is 25.6. The predicted molar refractivity (Wildman–Crippen MR) is 166 cm³/mol. The number of allylic oxidation sites excluding steroid dienone is 1. The summed E-state index contributed by atoms with van der Waals surface area (Å²) in [7, 11) is 3.16. The summed E-state index contributed by atoms with van der Waals surface area (Å²) in [5.74, 6) is 1.78. The molecule has 1 atom stereocenters. The zero-order chi connectivity index (χ0) is 30.0. The third-order valence-electron chi connectivity index (χ3n) is 7.54. The van der Waals surface area contributed by atoms with E-state index in [9.17, 15) is 9.59 Å². The first kappa shape index (κ1) is 29.1. The Kier molecular flexibility index (Phi) is 8.49. The highest BCUT2D eigenvalue weighted by molar-refractivity contribution is 7.07. The number of aromatic nitrogens is 1. The van der Waals surface area contributed by atoms with Crippen molar-refractivity contribution in [1.29, 1.82) is 0 Å². The van der Waals surface area contributed by atoms with Gasteiger partial charge >= 0.3 is 0 Å². The third-order valence-corrected chi connectivity index (χ3v) is 8.52. The normalized spacial score (nSPS) is 14.9. The summed E-state index contributed by atoms with van der Waals surface area (Å²) in [6, 6.07) is 16.6. The molecular formula is C33H35N3O5S. The van der Waals surface area contributed by atoms with Crippen LogP contribution in [0.5, 0.6) is 17.2 Å².